The van der Waals surface area contributed by atoms with Crippen molar-refractivity contribution in [3.63, 3.8) is 0 Å². The van der Waals surface area contributed by atoms with Crippen LogP contribution in [0.25, 0.3) is 0 Å². The number of nitrogens with one attached hydrogen (secondary N) is 2. The molecule has 1 aromatic rings. The van der Waals surface area contributed by atoms with E-state index in [1.54, 1.807) is 0 Å². The number of benzene rings is 1. The molecule has 1 saturated heterocycles. The van der Waals surface area contributed by atoms with Crippen LogP contribution >= 0.6 is 0 Å². The molecule has 2 rings (SSSR count). The van der Waals surface area contributed by atoms with Crippen LogP contribution in [0.3, 0.4) is 0 Å². The lowest BCUT2D eigenvalue weighted by Crippen LogP contribution is -2.41. The van der Waals surface area contributed by atoms with E-state index < -0.39 is 0 Å². The molecule has 0 aromatic heterocycles. The zero-order chi connectivity index (χ0) is 9.10. The molecule has 0 radical (unpaired) electrons. The molecule has 0 amide bonds. The largest absolute Gasteiger partial charge is 0.298 e. The number of hydrogen-bond donors (Lipinski definition) is 2. The first-order valence-electron chi connectivity index (χ1n) is 4.89. The highest BCUT2D eigenvalue weighted by molar-refractivity contribution is 5.23. The molecular weight excluding hydrogens is 160 g/mol. The van der Waals surface area contributed by atoms with Crippen LogP contribution in [0.1, 0.15) is 23.7 Å². The molecule has 1 aliphatic rings. The van der Waals surface area contributed by atoms with E-state index in [9.17, 15) is 0 Å². The minimum absolute atomic E-state index is 0.356. The molecule has 0 unspecified atom stereocenters. The highest BCUT2D eigenvalue weighted by Crippen LogP contribution is 2.12. The summed E-state index contributed by atoms with van der Waals surface area (Å²) in [5.41, 5.74) is 2.66. The van der Waals surface area contributed by atoms with Gasteiger partial charge < -0.3 is 0 Å². The summed E-state index contributed by atoms with van der Waals surface area (Å²) >= 11 is 0. The van der Waals surface area contributed by atoms with E-state index in [1.807, 2.05) is 0 Å². The summed E-state index contributed by atoms with van der Waals surface area (Å²) in [6.45, 7) is 4.35. The molecule has 0 bridgehead atoms. The lowest BCUT2D eigenvalue weighted by molar-refractivity contribution is 0.380. The van der Waals surface area contributed by atoms with Crippen molar-refractivity contribution in [3.05, 3.63) is 35.4 Å². The van der Waals surface area contributed by atoms with Crippen molar-refractivity contribution >= 4 is 0 Å². The Morgan fingerprint density at radius 3 is 2.31 bits per heavy atom. The van der Waals surface area contributed by atoms with Gasteiger partial charge in [0.05, 0.1) is 6.17 Å². The SMILES string of the molecule is Cc1ccc(C2NCCCN2)cc1. The fourth-order valence-electron chi connectivity index (χ4n) is 1.65. The third-order valence-corrected chi connectivity index (χ3v) is 2.46. The van der Waals surface area contributed by atoms with Crippen molar-refractivity contribution in [1.82, 2.24) is 10.6 Å². The van der Waals surface area contributed by atoms with Gasteiger partial charge in [0.25, 0.3) is 0 Å². The van der Waals surface area contributed by atoms with Crippen LogP contribution in [0.2, 0.25) is 0 Å². The van der Waals surface area contributed by atoms with Crippen molar-refractivity contribution in [2.24, 2.45) is 0 Å². The molecule has 70 valence electrons. The minimum atomic E-state index is 0.356. The highest BCUT2D eigenvalue weighted by atomic mass is 15.1. The van der Waals surface area contributed by atoms with Crippen molar-refractivity contribution < 1.29 is 0 Å². The molecule has 0 aliphatic carbocycles. The van der Waals surface area contributed by atoms with E-state index in [1.165, 1.54) is 17.5 Å². The predicted octanol–water partition coefficient (Wildman–Crippen LogP) is 1.58. The summed E-state index contributed by atoms with van der Waals surface area (Å²) < 4.78 is 0. The first-order valence-corrected chi connectivity index (χ1v) is 4.89. The van der Waals surface area contributed by atoms with Crippen LogP contribution in [0, 0.1) is 6.92 Å². The molecule has 0 spiro atoms. The molecule has 1 heterocycles. The van der Waals surface area contributed by atoms with Gasteiger partial charge in [-0.25, -0.2) is 0 Å². The molecule has 1 aliphatic heterocycles. The number of aryl methyl sites for hydroxylation is 1. The van der Waals surface area contributed by atoms with Crippen molar-refractivity contribution in [2.75, 3.05) is 13.1 Å². The van der Waals surface area contributed by atoms with Crippen molar-refractivity contribution in [1.29, 1.82) is 0 Å². The maximum Gasteiger partial charge on any atom is 0.0835 e. The van der Waals surface area contributed by atoms with Gasteiger partial charge in [-0.05, 0) is 32.0 Å². The molecule has 13 heavy (non-hydrogen) atoms. The second-order valence-electron chi connectivity index (χ2n) is 3.61. The van der Waals surface area contributed by atoms with E-state index in [-0.39, 0.29) is 0 Å². The van der Waals surface area contributed by atoms with Gasteiger partial charge in [0.1, 0.15) is 0 Å². The summed E-state index contributed by atoms with van der Waals surface area (Å²) in [4.78, 5) is 0. The average molecular weight is 176 g/mol. The molecule has 1 fully saturated rings. The Labute approximate surface area is 79.4 Å². The summed E-state index contributed by atoms with van der Waals surface area (Å²) in [6.07, 6.45) is 1.58. The van der Waals surface area contributed by atoms with Crippen LogP contribution in [-0.2, 0) is 0 Å². The van der Waals surface area contributed by atoms with Crippen molar-refractivity contribution in [2.45, 2.75) is 19.5 Å². The third kappa shape index (κ3) is 2.08. The van der Waals surface area contributed by atoms with Gasteiger partial charge in [-0.15, -0.1) is 0 Å². The van der Waals surface area contributed by atoms with E-state index in [2.05, 4.69) is 41.8 Å². The van der Waals surface area contributed by atoms with Crippen LogP contribution in [0.5, 0.6) is 0 Å². The van der Waals surface area contributed by atoms with Gasteiger partial charge in [-0.1, -0.05) is 29.8 Å². The van der Waals surface area contributed by atoms with Crippen molar-refractivity contribution in [3.8, 4) is 0 Å². The maximum absolute atomic E-state index is 3.44. The van der Waals surface area contributed by atoms with Crippen LogP contribution in [0.4, 0.5) is 0 Å². The molecule has 1 aromatic carbocycles. The average Bonchev–Trinajstić information content (AvgIpc) is 2.20. The lowest BCUT2D eigenvalue weighted by atomic mass is 10.1. The molecule has 2 nitrogen and oxygen atoms in total. The molecule has 0 saturated carbocycles. The lowest BCUT2D eigenvalue weighted by Gasteiger charge is -2.25. The summed E-state index contributed by atoms with van der Waals surface area (Å²) in [5.74, 6) is 0. The Morgan fingerprint density at radius 1 is 1.08 bits per heavy atom. The molecular formula is C11H16N2. The molecule has 0 atom stereocenters. The van der Waals surface area contributed by atoms with Gasteiger partial charge >= 0.3 is 0 Å². The summed E-state index contributed by atoms with van der Waals surface area (Å²) in [5, 5.41) is 6.89. The van der Waals surface area contributed by atoms with Crippen LogP contribution in [-0.4, -0.2) is 13.1 Å². The fourth-order valence-corrected chi connectivity index (χ4v) is 1.65. The first-order chi connectivity index (χ1) is 6.36. The Kier molecular flexibility index (Phi) is 2.62. The fraction of sp³-hybridized carbons (Fsp3) is 0.455. The zero-order valence-corrected chi connectivity index (χ0v) is 8.01. The normalized spacial score (nSPS) is 18.8. The van der Waals surface area contributed by atoms with Crippen LogP contribution in [0.15, 0.2) is 24.3 Å². The smallest absolute Gasteiger partial charge is 0.0835 e. The monoisotopic (exact) mass is 176 g/mol. The van der Waals surface area contributed by atoms with Crippen LogP contribution < -0.4 is 10.6 Å². The minimum Gasteiger partial charge on any atom is -0.298 e. The van der Waals surface area contributed by atoms with Gasteiger partial charge in [0, 0.05) is 0 Å². The Balaban J connectivity index is 2.10. The number of hydrogen-bond acceptors (Lipinski definition) is 2. The van der Waals surface area contributed by atoms with Gasteiger partial charge in [0.2, 0.25) is 0 Å². The van der Waals surface area contributed by atoms with Gasteiger partial charge in [-0.2, -0.15) is 0 Å². The molecule has 2 N–H and O–H groups in total. The van der Waals surface area contributed by atoms with E-state index in [0.29, 0.717) is 6.17 Å². The predicted molar refractivity (Wildman–Crippen MR) is 54.5 cm³/mol. The quantitative estimate of drug-likeness (QED) is 0.679. The summed E-state index contributed by atoms with van der Waals surface area (Å²) in [7, 11) is 0. The van der Waals surface area contributed by atoms with E-state index >= 15 is 0 Å². The third-order valence-electron chi connectivity index (χ3n) is 2.46. The topological polar surface area (TPSA) is 24.1 Å². The van der Waals surface area contributed by atoms with Gasteiger partial charge in [-0.3, -0.25) is 10.6 Å². The Morgan fingerprint density at radius 2 is 1.69 bits per heavy atom. The molecule has 2 heteroatoms. The highest BCUT2D eigenvalue weighted by Gasteiger charge is 2.12. The van der Waals surface area contributed by atoms with Gasteiger partial charge in [0.15, 0.2) is 0 Å². The van der Waals surface area contributed by atoms with E-state index in [0.717, 1.165) is 13.1 Å². The first kappa shape index (κ1) is 8.73. The maximum atomic E-state index is 3.44. The Bertz CT molecular complexity index is 260. The number of rotatable bonds is 1. The zero-order valence-electron chi connectivity index (χ0n) is 8.01. The summed E-state index contributed by atoms with van der Waals surface area (Å²) in [6, 6.07) is 8.69. The second kappa shape index (κ2) is 3.90. The van der Waals surface area contributed by atoms with E-state index in [4.69, 9.17) is 0 Å². The standard InChI is InChI=1S/C11H16N2/c1-9-3-5-10(6-4-9)11-12-7-2-8-13-11/h3-6,11-13H,2,7-8H2,1H3. The Hall–Kier alpha value is -0.860. The second-order valence-corrected chi connectivity index (χ2v) is 3.61.